The molecule has 126 valence electrons. The third-order valence-corrected chi connectivity index (χ3v) is 5.09. The number of fused-ring (bicyclic) bond motifs is 3. The predicted octanol–water partition coefficient (Wildman–Crippen LogP) is 1.20. The fourth-order valence-electron chi connectivity index (χ4n) is 2.85. The number of nitrogens with zero attached hydrogens (tertiary/aromatic N) is 5. The first-order valence-electron chi connectivity index (χ1n) is 7.53. The Balaban J connectivity index is 1.89. The van der Waals surface area contributed by atoms with E-state index in [1.54, 1.807) is 17.8 Å². The average molecular weight is 354 g/mol. The molecule has 0 radical (unpaired) electrons. The van der Waals surface area contributed by atoms with E-state index in [0.717, 1.165) is 16.1 Å². The van der Waals surface area contributed by atoms with Crippen molar-refractivity contribution in [2.45, 2.75) is 13.5 Å². The molecule has 4 heterocycles. The summed E-state index contributed by atoms with van der Waals surface area (Å²) < 4.78 is 3.79. The summed E-state index contributed by atoms with van der Waals surface area (Å²) in [6.45, 7) is 2.19. The van der Waals surface area contributed by atoms with Crippen LogP contribution in [0.5, 0.6) is 0 Å². The Bertz CT molecular complexity index is 1200. The van der Waals surface area contributed by atoms with Crippen molar-refractivity contribution in [1.29, 1.82) is 0 Å². The summed E-state index contributed by atoms with van der Waals surface area (Å²) in [7, 11) is 1.74. The number of amides is 1. The van der Waals surface area contributed by atoms with Crippen LogP contribution in [0.2, 0.25) is 0 Å². The first-order chi connectivity index (χ1) is 12.0. The van der Waals surface area contributed by atoms with E-state index in [1.807, 2.05) is 25.1 Å². The van der Waals surface area contributed by atoms with Crippen LogP contribution in [0.25, 0.3) is 21.3 Å². The summed E-state index contributed by atoms with van der Waals surface area (Å²) >= 11 is 1.17. The molecule has 0 aliphatic carbocycles. The number of hydrogen-bond acceptors (Lipinski definition) is 6. The summed E-state index contributed by atoms with van der Waals surface area (Å²) in [5, 5.41) is 5.15. The van der Waals surface area contributed by atoms with Crippen molar-refractivity contribution in [2.75, 3.05) is 0 Å². The Labute approximate surface area is 145 Å². The van der Waals surface area contributed by atoms with Crippen LogP contribution in [0.4, 0.5) is 0 Å². The molecule has 0 saturated heterocycles. The fraction of sp³-hybridized carbons (Fsp3) is 0.188. The zero-order valence-electron chi connectivity index (χ0n) is 13.6. The summed E-state index contributed by atoms with van der Waals surface area (Å²) in [5.74, 6) is -0.582. The molecule has 4 rings (SSSR count). The summed E-state index contributed by atoms with van der Waals surface area (Å²) in [6.07, 6.45) is 1.62. The third-order valence-electron chi connectivity index (χ3n) is 3.99. The lowest BCUT2D eigenvalue weighted by Crippen LogP contribution is -2.25. The van der Waals surface area contributed by atoms with Gasteiger partial charge in [-0.1, -0.05) is 6.07 Å². The third kappa shape index (κ3) is 2.40. The number of carbonyl (C=O) groups is 1. The molecule has 25 heavy (non-hydrogen) atoms. The van der Waals surface area contributed by atoms with E-state index in [1.165, 1.54) is 16.0 Å². The molecule has 0 aliphatic heterocycles. The van der Waals surface area contributed by atoms with Crippen LogP contribution >= 0.6 is 11.3 Å². The number of aromatic nitrogens is 5. The monoisotopic (exact) mass is 354 g/mol. The minimum Gasteiger partial charge on any atom is -0.364 e. The van der Waals surface area contributed by atoms with Crippen molar-refractivity contribution in [3.05, 3.63) is 51.1 Å². The quantitative estimate of drug-likeness (QED) is 0.594. The molecule has 0 bridgehead atoms. The van der Waals surface area contributed by atoms with Crippen LogP contribution in [0.3, 0.4) is 0 Å². The van der Waals surface area contributed by atoms with Gasteiger partial charge in [0.2, 0.25) is 0 Å². The van der Waals surface area contributed by atoms with Crippen LogP contribution in [0, 0.1) is 6.92 Å². The Kier molecular flexibility index (Phi) is 3.39. The highest BCUT2D eigenvalue weighted by atomic mass is 32.1. The Morgan fingerprint density at radius 3 is 2.84 bits per heavy atom. The van der Waals surface area contributed by atoms with Gasteiger partial charge in [-0.2, -0.15) is 5.10 Å². The van der Waals surface area contributed by atoms with E-state index in [0.29, 0.717) is 16.6 Å². The van der Waals surface area contributed by atoms with Crippen LogP contribution < -0.4 is 11.3 Å². The number of aryl methyl sites for hydroxylation is 2. The largest absolute Gasteiger partial charge is 0.364 e. The summed E-state index contributed by atoms with van der Waals surface area (Å²) in [5.41, 5.74) is 7.76. The Morgan fingerprint density at radius 2 is 2.12 bits per heavy atom. The lowest BCUT2D eigenvalue weighted by atomic mass is 10.3. The molecular weight excluding hydrogens is 340 g/mol. The highest BCUT2D eigenvalue weighted by molar-refractivity contribution is 7.21. The number of carbonyl (C=O) groups excluding carboxylic acids is 1. The molecule has 0 aliphatic rings. The summed E-state index contributed by atoms with van der Waals surface area (Å²) in [4.78, 5) is 32.8. The van der Waals surface area contributed by atoms with Gasteiger partial charge in [0.05, 0.1) is 23.1 Å². The molecule has 0 fully saturated rings. The van der Waals surface area contributed by atoms with E-state index in [-0.39, 0.29) is 17.1 Å². The maximum absolute atomic E-state index is 12.9. The molecule has 9 heteroatoms. The van der Waals surface area contributed by atoms with Crippen molar-refractivity contribution < 1.29 is 4.79 Å². The van der Waals surface area contributed by atoms with Gasteiger partial charge in [0.25, 0.3) is 11.5 Å². The Morgan fingerprint density at radius 1 is 1.32 bits per heavy atom. The molecule has 8 nitrogen and oxygen atoms in total. The van der Waals surface area contributed by atoms with E-state index < -0.39 is 5.91 Å². The van der Waals surface area contributed by atoms with E-state index in [2.05, 4.69) is 15.1 Å². The first kappa shape index (κ1) is 15.5. The fourth-order valence-corrected chi connectivity index (χ4v) is 3.81. The maximum Gasteiger partial charge on any atom is 0.291 e. The average Bonchev–Trinajstić information content (AvgIpc) is 3.10. The van der Waals surface area contributed by atoms with E-state index >= 15 is 0 Å². The summed E-state index contributed by atoms with van der Waals surface area (Å²) in [6, 6.07) is 5.65. The zero-order valence-corrected chi connectivity index (χ0v) is 14.4. The maximum atomic E-state index is 12.9. The van der Waals surface area contributed by atoms with Crippen LogP contribution in [0.15, 0.2) is 29.2 Å². The zero-order chi connectivity index (χ0) is 17.7. The predicted molar refractivity (Wildman–Crippen MR) is 94.7 cm³/mol. The van der Waals surface area contributed by atoms with Gasteiger partial charge in [-0.15, -0.1) is 11.3 Å². The molecular formula is C16H14N6O2S. The molecule has 4 aromatic rings. The highest BCUT2D eigenvalue weighted by Crippen LogP contribution is 2.30. The molecule has 0 aromatic carbocycles. The number of thiazole rings is 1. The number of hydrogen-bond donors (Lipinski definition) is 1. The van der Waals surface area contributed by atoms with Crippen LogP contribution in [0.1, 0.15) is 21.2 Å². The second-order valence-corrected chi connectivity index (χ2v) is 6.73. The van der Waals surface area contributed by atoms with Crippen molar-refractivity contribution in [3.63, 3.8) is 0 Å². The van der Waals surface area contributed by atoms with Gasteiger partial charge in [0.15, 0.2) is 10.7 Å². The van der Waals surface area contributed by atoms with Crippen molar-refractivity contribution >= 4 is 38.5 Å². The minimum atomic E-state index is -0.582. The Hall–Kier alpha value is -3.07. The topological polar surface area (TPSA) is 109 Å². The van der Waals surface area contributed by atoms with Crippen LogP contribution in [-0.2, 0) is 13.6 Å². The number of pyridine rings is 1. The van der Waals surface area contributed by atoms with Gasteiger partial charge in [-0.25, -0.2) is 9.67 Å². The first-order valence-corrected chi connectivity index (χ1v) is 8.34. The normalized spacial score (nSPS) is 11.4. The second kappa shape index (κ2) is 5.49. The molecule has 1 amide bonds. The van der Waals surface area contributed by atoms with Gasteiger partial charge < -0.3 is 10.3 Å². The van der Waals surface area contributed by atoms with Crippen molar-refractivity contribution in [1.82, 2.24) is 24.3 Å². The molecule has 2 N–H and O–H groups in total. The highest BCUT2D eigenvalue weighted by Gasteiger charge is 2.19. The van der Waals surface area contributed by atoms with Gasteiger partial charge in [-0.3, -0.25) is 14.6 Å². The molecule has 4 aromatic heterocycles. The van der Waals surface area contributed by atoms with Gasteiger partial charge in [0.1, 0.15) is 5.52 Å². The minimum absolute atomic E-state index is 0.218. The van der Waals surface area contributed by atoms with Crippen molar-refractivity contribution in [3.8, 4) is 0 Å². The molecule has 0 saturated carbocycles. The number of nitrogens with two attached hydrogens (primary N) is 1. The number of primary amides is 1. The molecule has 0 unspecified atom stereocenters. The molecule has 0 atom stereocenters. The lowest BCUT2D eigenvalue weighted by Gasteiger charge is -2.05. The van der Waals surface area contributed by atoms with E-state index in [9.17, 15) is 9.59 Å². The lowest BCUT2D eigenvalue weighted by molar-refractivity contribution is 0.1000. The SMILES string of the molecule is Cc1cccc(Cn2ncc3c4sc(C(N)=O)nc4n(C)c3c2=O)n1. The molecule has 0 spiro atoms. The standard InChI is InChI=1S/C16H14N6O2S/c1-8-4-3-5-9(19-8)7-22-16(24)11-10(6-18-22)12-14(21(11)2)20-15(25-12)13(17)23/h3-6H,7H2,1-2H3,(H2,17,23). The number of rotatable bonds is 3. The van der Waals surface area contributed by atoms with E-state index in [4.69, 9.17) is 5.73 Å². The van der Waals surface area contributed by atoms with Gasteiger partial charge in [0, 0.05) is 18.1 Å². The van der Waals surface area contributed by atoms with Crippen LogP contribution in [-0.4, -0.2) is 30.2 Å². The van der Waals surface area contributed by atoms with Crippen molar-refractivity contribution in [2.24, 2.45) is 12.8 Å². The second-order valence-electron chi connectivity index (χ2n) is 5.73. The smallest absolute Gasteiger partial charge is 0.291 e. The van der Waals surface area contributed by atoms with Gasteiger partial charge >= 0.3 is 0 Å². The van der Waals surface area contributed by atoms with Gasteiger partial charge in [-0.05, 0) is 19.1 Å².